The topological polar surface area (TPSA) is 92.9 Å². The highest BCUT2D eigenvalue weighted by molar-refractivity contribution is 5.99. The molecule has 1 saturated heterocycles. The molecule has 1 amide bonds. The molecule has 1 fully saturated rings. The van der Waals surface area contributed by atoms with Crippen LogP contribution in [0.15, 0.2) is 73.3 Å². The molecule has 2 aromatic carbocycles. The molecule has 9 nitrogen and oxygen atoms in total. The summed E-state index contributed by atoms with van der Waals surface area (Å²) in [6.45, 7) is 8.42. The summed E-state index contributed by atoms with van der Waals surface area (Å²) in [5.41, 5.74) is 6.58. The van der Waals surface area contributed by atoms with Gasteiger partial charge in [-0.25, -0.2) is 14.3 Å². The molecule has 6 rings (SSSR count). The summed E-state index contributed by atoms with van der Waals surface area (Å²) in [6.07, 6.45) is 7.97. The van der Waals surface area contributed by atoms with Gasteiger partial charge in [0.05, 0.1) is 11.7 Å². The monoisotopic (exact) mass is 534 g/mol. The molecule has 3 aromatic heterocycles. The van der Waals surface area contributed by atoms with E-state index >= 15 is 0 Å². The summed E-state index contributed by atoms with van der Waals surface area (Å²) in [5, 5.41) is 5.52. The number of aromatic nitrogens is 4. The van der Waals surface area contributed by atoms with E-state index in [1.54, 1.807) is 27.7 Å². The fourth-order valence-corrected chi connectivity index (χ4v) is 5.03. The molecule has 0 saturated carbocycles. The van der Waals surface area contributed by atoms with Gasteiger partial charge in [0, 0.05) is 72.5 Å². The molecule has 0 spiro atoms. The standard InChI is InChI=1S/C31H30N6O3/c1-31(2,3)40-30(39)36-14-12-35(13-15-36)24-7-5-22(6-8-24)23-17-33-29-27(18-34-37(29)19-23)25-10-11-32-28-16-21(20-38)4-9-26(25)28/h4-11,16-20H,12-15H2,1-3H3. The van der Waals surface area contributed by atoms with Gasteiger partial charge in [-0.1, -0.05) is 24.3 Å². The average molecular weight is 535 g/mol. The molecule has 0 aliphatic carbocycles. The molecule has 0 radical (unpaired) electrons. The van der Waals surface area contributed by atoms with Gasteiger partial charge in [-0.2, -0.15) is 5.10 Å². The highest BCUT2D eigenvalue weighted by Gasteiger charge is 2.26. The van der Waals surface area contributed by atoms with Crippen LogP contribution in [-0.2, 0) is 4.74 Å². The summed E-state index contributed by atoms with van der Waals surface area (Å²) in [7, 11) is 0. The van der Waals surface area contributed by atoms with Crippen LogP contribution in [0, 0.1) is 0 Å². The van der Waals surface area contributed by atoms with E-state index in [2.05, 4.69) is 39.2 Å². The lowest BCUT2D eigenvalue weighted by atomic mass is 10.0. The lowest BCUT2D eigenvalue weighted by Gasteiger charge is -2.36. The van der Waals surface area contributed by atoms with Crippen LogP contribution in [0.4, 0.5) is 10.5 Å². The second-order valence-corrected chi connectivity index (χ2v) is 10.9. The number of pyridine rings is 1. The van der Waals surface area contributed by atoms with E-state index in [-0.39, 0.29) is 6.09 Å². The minimum absolute atomic E-state index is 0.253. The van der Waals surface area contributed by atoms with Crippen molar-refractivity contribution in [3.05, 3.63) is 78.9 Å². The Balaban J connectivity index is 1.19. The molecule has 4 heterocycles. The van der Waals surface area contributed by atoms with Crippen molar-refractivity contribution in [2.75, 3.05) is 31.1 Å². The molecule has 5 aromatic rings. The largest absolute Gasteiger partial charge is 0.444 e. The number of carbonyl (C=O) groups is 2. The van der Waals surface area contributed by atoms with Crippen molar-refractivity contribution in [3.63, 3.8) is 0 Å². The Hall–Kier alpha value is -4.79. The van der Waals surface area contributed by atoms with Gasteiger partial charge in [-0.05, 0) is 56.2 Å². The van der Waals surface area contributed by atoms with Crippen LogP contribution < -0.4 is 4.90 Å². The molecular formula is C31H30N6O3. The summed E-state index contributed by atoms with van der Waals surface area (Å²) in [6, 6.07) is 15.8. The van der Waals surface area contributed by atoms with Gasteiger partial charge < -0.3 is 14.5 Å². The molecule has 40 heavy (non-hydrogen) atoms. The lowest BCUT2D eigenvalue weighted by Crippen LogP contribution is -2.50. The zero-order valence-corrected chi connectivity index (χ0v) is 22.7. The number of nitrogens with zero attached hydrogens (tertiary/aromatic N) is 6. The number of hydrogen-bond donors (Lipinski definition) is 0. The molecule has 0 unspecified atom stereocenters. The van der Waals surface area contributed by atoms with E-state index in [1.807, 2.05) is 51.5 Å². The van der Waals surface area contributed by atoms with Gasteiger partial charge in [-0.3, -0.25) is 9.78 Å². The molecule has 1 aliphatic heterocycles. The quantitative estimate of drug-likeness (QED) is 0.282. The smallest absolute Gasteiger partial charge is 0.410 e. The minimum Gasteiger partial charge on any atom is -0.444 e. The second kappa shape index (κ2) is 10.1. The van der Waals surface area contributed by atoms with Crippen LogP contribution in [0.2, 0.25) is 0 Å². The van der Waals surface area contributed by atoms with Gasteiger partial charge in [0.1, 0.15) is 11.9 Å². The highest BCUT2D eigenvalue weighted by atomic mass is 16.6. The third-order valence-electron chi connectivity index (χ3n) is 7.05. The van der Waals surface area contributed by atoms with E-state index in [9.17, 15) is 9.59 Å². The van der Waals surface area contributed by atoms with Crippen LogP contribution >= 0.6 is 0 Å². The first kappa shape index (κ1) is 25.5. The van der Waals surface area contributed by atoms with Gasteiger partial charge in [0.2, 0.25) is 0 Å². The van der Waals surface area contributed by atoms with Gasteiger partial charge >= 0.3 is 6.09 Å². The summed E-state index contributed by atoms with van der Waals surface area (Å²) in [4.78, 5) is 36.8. The number of rotatable bonds is 4. The number of aldehydes is 1. The molecular weight excluding hydrogens is 504 g/mol. The van der Waals surface area contributed by atoms with Gasteiger partial charge in [0.25, 0.3) is 0 Å². The van der Waals surface area contributed by atoms with E-state index in [0.29, 0.717) is 18.7 Å². The summed E-state index contributed by atoms with van der Waals surface area (Å²) >= 11 is 0. The van der Waals surface area contributed by atoms with E-state index in [4.69, 9.17) is 9.72 Å². The van der Waals surface area contributed by atoms with Crippen molar-refractivity contribution in [1.82, 2.24) is 24.5 Å². The summed E-state index contributed by atoms with van der Waals surface area (Å²) in [5.74, 6) is 0. The Bertz CT molecular complexity index is 1710. The van der Waals surface area contributed by atoms with Gasteiger partial charge in [0.15, 0.2) is 5.65 Å². The highest BCUT2D eigenvalue weighted by Crippen LogP contribution is 2.31. The Morgan fingerprint density at radius 3 is 2.40 bits per heavy atom. The Morgan fingerprint density at radius 1 is 0.900 bits per heavy atom. The SMILES string of the molecule is CC(C)(C)OC(=O)N1CCN(c2ccc(-c3cnc4c(-c5ccnc6cc(C=O)ccc56)cnn4c3)cc2)CC1. The predicted molar refractivity (Wildman–Crippen MR) is 155 cm³/mol. The van der Waals surface area contributed by atoms with Crippen LogP contribution in [-0.4, -0.2) is 68.6 Å². The maximum Gasteiger partial charge on any atom is 0.410 e. The van der Waals surface area contributed by atoms with Gasteiger partial charge in [-0.15, -0.1) is 0 Å². The maximum absolute atomic E-state index is 12.4. The Kier molecular flexibility index (Phi) is 6.42. The normalized spacial score (nSPS) is 14.1. The average Bonchev–Trinajstić information content (AvgIpc) is 3.39. The van der Waals surface area contributed by atoms with Crippen molar-refractivity contribution >= 4 is 34.6 Å². The van der Waals surface area contributed by atoms with E-state index < -0.39 is 5.60 Å². The van der Waals surface area contributed by atoms with Crippen molar-refractivity contribution in [1.29, 1.82) is 0 Å². The van der Waals surface area contributed by atoms with Crippen LogP contribution in [0.25, 0.3) is 38.8 Å². The molecule has 0 bridgehead atoms. The number of hydrogen-bond acceptors (Lipinski definition) is 7. The molecule has 0 atom stereocenters. The van der Waals surface area contributed by atoms with Crippen molar-refractivity contribution < 1.29 is 14.3 Å². The lowest BCUT2D eigenvalue weighted by molar-refractivity contribution is 0.0240. The van der Waals surface area contributed by atoms with Crippen LogP contribution in [0.3, 0.4) is 0 Å². The zero-order chi connectivity index (χ0) is 27.9. The van der Waals surface area contributed by atoms with Crippen LogP contribution in [0.1, 0.15) is 31.1 Å². The molecule has 0 N–H and O–H groups in total. The third-order valence-corrected chi connectivity index (χ3v) is 7.05. The number of anilines is 1. The number of ether oxygens (including phenoxy) is 1. The van der Waals surface area contributed by atoms with Crippen molar-refractivity contribution in [3.8, 4) is 22.3 Å². The second-order valence-electron chi connectivity index (χ2n) is 10.9. The first-order valence-corrected chi connectivity index (χ1v) is 13.3. The maximum atomic E-state index is 12.4. The molecule has 1 aliphatic rings. The number of carbonyl (C=O) groups excluding carboxylic acids is 2. The zero-order valence-electron chi connectivity index (χ0n) is 22.7. The summed E-state index contributed by atoms with van der Waals surface area (Å²) < 4.78 is 7.30. The van der Waals surface area contributed by atoms with Crippen molar-refractivity contribution in [2.45, 2.75) is 26.4 Å². The number of fused-ring (bicyclic) bond motifs is 2. The molecule has 202 valence electrons. The Morgan fingerprint density at radius 2 is 1.68 bits per heavy atom. The van der Waals surface area contributed by atoms with Crippen LogP contribution in [0.5, 0.6) is 0 Å². The fourth-order valence-electron chi connectivity index (χ4n) is 5.03. The van der Waals surface area contributed by atoms with Crippen molar-refractivity contribution in [2.24, 2.45) is 0 Å². The first-order valence-electron chi connectivity index (χ1n) is 13.3. The molecule has 9 heteroatoms. The number of amides is 1. The third kappa shape index (κ3) is 4.98. The number of piperazine rings is 1. The minimum atomic E-state index is -0.491. The predicted octanol–water partition coefficient (Wildman–Crippen LogP) is 5.48. The van der Waals surface area contributed by atoms with E-state index in [1.165, 1.54) is 0 Å². The van der Waals surface area contributed by atoms with E-state index in [0.717, 1.165) is 63.9 Å². The Labute approximate surface area is 232 Å². The first-order chi connectivity index (χ1) is 19.3. The number of benzene rings is 2. The fraction of sp³-hybridized carbons (Fsp3) is 0.258.